The summed E-state index contributed by atoms with van der Waals surface area (Å²) in [6, 6.07) is 0. The zero-order valence-corrected chi connectivity index (χ0v) is 4.96. The molecule has 0 amide bonds. The number of nitrogens with one attached hydrogen (secondary N) is 2. The Morgan fingerprint density at radius 1 is 1.56 bits per heavy atom. The van der Waals surface area contributed by atoms with Crippen molar-refractivity contribution in [3.63, 3.8) is 0 Å². The molecule has 48 valence electrons. The highest BCUT2D eigenvalue weighted by molar-refractivity contribution is 5.29. The lowest BCUT2D eigenvalue weighted by Crippen LogP contribution is -2.29. The molecule has 2 N–H and O–H groups in total. The van der Waals surface area contributed by atoms with Crippen LogP contribution in [-0.4, -0.2) is 22.7 Å². The van der Waals surface area contributed by atoms with Gasteiger partial charge >= 0.3 is 0 Å². The number of imidazole rings is 1. The fourth-order valence-electron chi connectivity index (χ4n) is 0.912. The van der Waals surface area contributed by atoms with E-state index in [2.05, 4.69) is 15.7 Å². The molecule has 0 fully saturated rings. The van der Waals surface area contributed by atoms with E-state index in [-0.39, 0.29) is 0 Å². The van der Waals surface area contributed by atoms with Gasteiger partial charge in [0.25, 0.3) is 0 Å². The van der Waals surface area contributed by atoms with Crippen molar-refractivity contribution in [1.29, 1.82) is 0 Å². The number of anilines is 1. The third-order valence-electron chi connectivity index (χ3n) is 1.33. The second kappa shape index (κ2) is 1.65. The van der Waals surface area contributed by atoms with Gasteiger partial charge < -0.3 is 10.7 Å². The summed E-state index contributed by atoms with van der Waals surface area (Å²) in [5.74, 6) is 0.904. The minimum Gasteiger partial charge on any atom is -0.352 e. The number of nitrogens with zero attached hydrogens (tertiary/aromatic N) is 2. The predicted octanol–water partition coefficient (Wildman–Crippen LogP) is -0.148. The molecular formula is C5H8N4. The molecular weight excluding hydrogens is 116 g/mol. The maximum Gasteiger partial charge on any atom is 0.221 e. The van der Waals surface area contributed by atoms with Gasteiger partial charge in [0.15, 0.2) is 0 Å². The van der Waals surface area contributed by atoms with E-state index in [4.69, 9.17) is 0 Å². The molecule has 0 aromatic carbocycles. The van der Waals surface area contributed by atoms with Gasteiger partial charge in [-0.25, -0.2) is 9.66 Å². The highest BCUT2D eigenvalue weighted by Crippen LogP contribution is 2.02. The number of fused-ring (bicyclic) bond motifs is 1. The highest BCUT2D eigenvalue weighted by atomic mass is 15.5. The van der Waals surface area contributed by atoms with Crippen LogP contribution in [0, 0.1) is 0 Å². The lowest BCUT2D eigenvalue weighted by Gasteiger charge is -2.16. The molecule has 4 heteroatoms. The van der Waals surface area contributed by atoms with E-state index in [1.807, 2.05) is 10.9 Å². The van der Waals surface area contributed by atoms with E-state index in [0.29, 0.717) is 0 Å². The summed E-state index contributed by atoms with van der Waals surface area (Å²) in [6.07, 6.45) is 3.65. The van der Waals surface area contributed by atoms with Gasteiger partial charge in [0.05, 0.1) is 0 Å². The van der Waals surface area contributed by atoms with E-state index in [9.17, 15) is 0 Å². The average molecular weight is 124 g/mol. The highest BCUT2D eigenvalue weighted by Gasteiger charge is 2.04. The predicted molar refractivity (Wildman–Crippen MR) is 34.9 cm³/mol. The van der Waals surface area contributed by atoms with Crippen molar-refractivity contribution in [3.8, 4) is 0 Å². The molecule has 0 spiro atoms. The molecule has 1 aromatic heterocycles. The van der Waals surface area contributed by atoms with Crippen molar-refractivity contribution in [2.45, 2.75) is 0 Å². The minimum atomic E-state index is 0.904. The van der Waals surface area contributed by atoms with Crippen LogP contribution in [0.1, 0.15) is 0 Å². The molecule has 2 rings (SSSR count). The van der Waals surface area contributed by atoms with Crippen LogP contribution in [0.2, 0.25) is 0 Å². The Morgan fingerprint density at radius 2 is 2.56 bits per heavy atom. The molecule has 0 atom stereocenters. The first-order valence-electron chi connectivity index (χ1n) is 2.98. The largest absolute Gasteiger partial charge is 0.352 e. The first-order chi connectivity index (χ1) is 4.47. The molecule has 0 saturated carbocycles. The normalized spacial score (nSPS) is 15.6. The van der Waals surface area contributed by atoms with Crippen LogP contribution in [0.15, 0.2) is 12.4 Å². The first-order valence-corrected chi connectivity index (χ1v) is 2.98. The number of aromatic nitrogens is 2. The molecule has 0 radical (unpaired) electrons. The molecule has 0 aliphatic carbocycles. The van der Waals surface area contributed by atoms with Crippen molar-refractivity contribution < 1.29 is 0 Å². The van der Waals surface area contributed by atoms with Gasteiger partial charge in [-0.05, 0) is 0 Å². The summed E-state index contributed by atoms with van der Waals surface area (Å²) < 4.78 is 1.88. The van der Waals surface area contributed by atoms with E-state index in [1.165, 1.54) is 0 Å². The van der Waals surface area contributed by atoms with Crippen LogP contribution >= 0.6 is 0 Å². The standard InChI is InChI=1S/C5H8N4/c1-2-8-9-4-3-7-5(9)6-1/h3-4,8H,1-2H2,(H,6,7). The molecule has 1 aromatic rings. The smallest absolute Gasteiger partial charge is 0.221 e. The lowest BCUT2D eigenvalue weighted by molar-refractivity contribution is 0.793. The van der Waals surface area contributed by atoms with Crippen LogP contribution in [0.25, 0.3) is 0 Å². The van der Waals surface area contributed by atoms with E-state index in [0.717, 1.165) is 19.0 Å². The van der Waals surface area contributed by atoms with Crippen LogP contribution in [0.5, 0.6) is 0 Å². The second-order valence-electron chi connectivity index (χ2n) is 1.96. The third kappa shape index (κ3) is 0.630. The molecule has 0 unspecified atom stereocenters. The molecule has 9 heavy (non-hydrogen) atoms. The summed E-state index contributed by atoms with van der Waals surface area (Å²) in [5.41, 5.74) is 3.13. The van der Waals surface area contributed by atoms with E-state index >= 15 is 0 Å². The SMILES string of the molecule is c1cn2c(n1)NCCN2. The molecule has 1 aliphatic rings. The van der Waals surface area contributed by atoms with E-state index < -0.39 is 0 Å². The van der Waals surface area contributed by atoms with Crippen LogP contribution < -0.4 is 10.7 Å². The van der Waals surface area contributed by atoms with Gasteiger partial charge in [0, 0.05) is 25.5 Å². The third-order valence-corrected chi connectivity index (χ3v) is 1.33. The summed E-state index contributed by atoms with van der Waals surface area (Å²) >= 11 is 0. The molecule has 0 saturated heterocycles. The van der Waals surface area contributed by atoms with Crippen molar-refractivity contribution in [2.24, 2.45) is 0 Å². The van der Waals surface area contributed by atoms with Gasteiger partial charge in [0.1, 0.15) is 0 Å². The van der Waals surface area contributed by atoms with Gasteiger partial charge in [-0.2, -0.15) is 0 Å². The monoisotopic (exact) mass is 124 g/mol. The van der Waals surface area contributed by atoms with Crippen molar-refractivity contribution in [1.82, 2.24) is 9.66 Å². The number of rotatable bonds is 0. The van der Waals surface area contributed by atoms with Crippen molar-refractivity contribution in [3.05, 3.63) is 12.4 Å². The molecule has 2 heterocycles. The lowest BCUT2D eigenvalue weighted by atomic mass is 10.6. The van der Waals surface area contributed by atoms with Crippen molar-refractivity contribution >= 4 is 5.95 Å². The quantitative estimate of drug-likeness (QED) is 0.505. The Labute approximate surface area is 52.9 Å². The van der Waals surface area contributed by atoms with Crippen LogP contribution in [0.3, 0.4) is 0 Å². The Hall–Kier alpha value is -1.19. The van der Waals surface area contributed by atoms with Crippen LogP contribution in [0.4, 0.5) is 5.95 Å². The maximum absolute atomic E-state index is 4.05. The topological polar surface area (TPSA) is 41.9 Å². The Bertz CT molecular complexity index is 184. The van der Waals surface area contributed by atoms with E-state index in [1.54, 1.807) is 6.20 Å². The molecule has 4 nitrogen and oxygen atoms in total. The maximum atomic E-state index is 4.05. The second-order valence-corrected chi connectivity index (χ2v) is 1.96. The average Bonchev–Trinajstić information content (AvgIpc) is 2.33. The summed E-state index contributed by atoms with van der Waals surface area (Å²) in [5, 5.41) is 3.13. The fourth-order valence-corrected chi connectivity index (χ4v) is 0.912. The molecule has 1 aliphatic heterocycles. The van der Waals surface area contributed by atoms with Gasteiger partial charge in [-0.15, -0.1) is 0 Å². The fraction of sp³-hybridized carbons (Fsp3) is 0.400. The Morgan fingerprint density at radius 3 is 3.44 bits per heavy atom. The zero-order chi connectivity index (χ0) is 6.10. The van der Waals surface area contributed by atoms with Gasteiger partial charge in [-0.1, -0.05) is 0 Å². The number of hydrogen-bond acceptors (Lipinski definition) is 3. The Kier molecular flexibility index (Phi) is 0.855. The summed E-state index contributed by atoms with van der Waals surface area (Å²) in [7, 11) is 0. The first kappa shape index (κ1) is 4.67. The zero-order valence-electron chi connectivity index (χ0n) is 4.96. The van der Waals surface area contributed by atoms with Gasteiger partial charge in [-0.3, -0.25) is 0 Å². The molecule has 0 bridgehead atoms. The Balaban J connectivity index is 2.39. The van der Waals surface area contributed by atoms with Gasteiger partial charge in [0.2, 0.25) is 5.95 Å². The van der Waals surface area contributed by atoms with Crippen LogP contribution in [-0.2, 0) is 0 Å². The minimum absolute atomic E-state index is 0.904. The number of hydrogen-bond donors (Lipinski definition) is 2. The van der Waals surface area contributed by atoms with Crippen molar-refractivity contribution in [2.75, 3.05) is 23.8 Å². The summed E-state index contributed by atoms with van der Waals surface area (Å²) in [4.78, 5) is 4.05. The summed E-state index contributed by atoms with van der Waals surface area (Å²) in [6.45, 7) is 1.92.